The number of aryl methyl sites for hydroxylation is 2. The Bertz CT molecular complexity index is 337. The Balaban J connectivity index is 2.58. The van der Waals surface area contributed by atoms with Crippen molar-refractivity contribution in [1.82, 2.24) is 0 Å². The number of aliphatic hydroxyl groups is 2. The zero-order valence-corrected chi connectivity index (χ0v) is 11.4. The third-order valence-corrected chi connectivity index (χ3v) is 3.52. The summed E-state index contributed by atoms with van der Waals surface area (Å²) in [7, 11) is 0. The van der Waals surface area contributed by atoms with Crippen molar-refractivity contribution < 1.29 is 10.2 Å². The second kappa shape index (κ2) is 6.38. The van der Waals surface area contributed by atoms with E-state index in [1.165, 1.54) is 11.1 Å². The van der Waals surface area contributed by atoms with E-state index in [1.54, 1.807) is 6.92 Å². The number of halogens is 1. The molecule has 0 aliphatic heterocycles. The van der Waals surface area contributed by atoms with Crippen LogP contribution < -0.4 is 0 Å². The Labute approximate surface area is 105 Å². The molecule has 1 aromatic carbocycles. The second-order valence-electron chi connectivity index (χ2n) is 4.13. The smallest absolute Gasteiger partial charge is 0.0799 e. The molecule has 2 unspecified atom stereocenters. The second-order valence-corrected chi connectivity index (χ2v) is 4.98. The molecular formula is C13H19BrO2. The topological polar surface area (TPSA) is 40.5 Å². The molecule has 0 aliphatic rings. The minimum atomic E-state index is -0.654. The standard InChI is InChI=1S/C13H19BrO2/c1-3-11-6-4-10(8-12(11)14)5-7-13(16)9(2)15/h4,6,8-9,13,15-16H,3,5,7H2,1-2H3. The fourth-order valence-electron chi connectivity index (χ4n) is 1.59. The molecule has 2 atom stereocenters. The largest absolute Gasteiger partial charge is 0.391 e. The van der Waals surface area contributed by atoms with E-state index >= 15 is 0 Å². The van der Waals surface area contributed by atoms with E-state index in [1.807, 2.05) is 0 Å². The van der Waals surface area contributed by atoms with Crippen LogP contribution >= 0.6 is 15.9 Å². The molecule has 0 bridgehead atoms. The third kappa shape index (κ3) is 3.89. The Hall–Kier alpha value is -0.380. The van der Waals surface area contributed by atoms with Gasteiger partial charge in [0.15, 0.2) is 0 Å². The Morgan fingerprint density at radius 1 is 1.31 bits per heavy atom. The Kier molecular flexibility index (Phi) is 5.46. The van der Waals surface area contributed by atoms with Crippen LogP contribution in [0.4, 0.5) is 0 Å². The van der Waals surface area contributed by atoms with Crippen LogP contribution in [-0.2, 0) is 12.8 Å². The lowest BCUT2D eigenvalue weighted by atomic mass is 10.0. The van der Waals surface area contributed by atoms with E-state index in [2.05, 4.69) is 41.1 Å². The fraction of sp³-hybridized carbons (Fsp3) is 0.538. The normalized spacial score (nSPS) is 14.8. The van der Waals surface area contributed by atoms with Gasteiger partial charge in [-0.25, -0.2) is 0 Å². The molecule has 16 heavy (non-hydrogen) atoms. The van der Waals surface area contributed by atoms with Crippen molar-refractivity contribution in [2.24, 2.45) is 0 Å². The van der Waals surface area contributed by atoms with Crippen LogP contribution in [0, 0.1) is 0 Å². The molecular weight excluding hydrogens is 268 g/mol. The number of rotatable bonds is 5. The quantitative estimate of drug-likeness (QED) is 0.874. The van der Waals surface area contributed by atoms with Gasteiger partial charge >= 0.3 is 0 Å². The van der Waals surface area contributed by atoms with Gasteiger partial charge in [-0.3, -0.25) is 0 Å². The predicted molar refractivity (Wildman–Crippen MR) is 69.5 cm³/mol. The maximum Gasteiger partial charge on any atom is 0.0799 e. The number of benzene rings is 1. The maximum absolute atomic E-state index is 9.50. The van der Waals surface area contributed by atoms with E-state index in [0.29, 0.717) is 6.42 Å². The van der Waals surface area contributed by atoms with Crippen LogP contribution in [0.5, 0.6) is 0 Å². The van der Waals surface area contributed by atoms with Gasteiger partial charge in [-0.15, -0.1) is 0 Å². The van der Waals surface area contributed by atoms with Gasteiger partial charge in [-0.1, -0.05) is 35.0 Å². The van der Waals surface area contributed by atoms with E-state index in [4.69, 9.17) is 0 Å². The van der Waals surface area contributed by atoms with Crippen LogP contribution in [-0.4, -0.2) is 22.4 Å². The van der Waals surface area contributed by atoms with Gasteiger partial charge < -0.3 is 10.2 Å². The summed E-state index contributed by atoms with van der Waals surface area (Å²) in [6.07, 6.45) is 1.10. The number of hydrogen-bond acceptors (Lipinski definition) is 2. The summed E-state index contributed by atoms with van der Waals surface area (Å²) in [5, 5.41) is 18.7. The minimum Gasteiger partial charge on any atom is -0.391 e. The molecule has 1 rings (SSSR count). The molecule has 2 nitrogen and oxygen atoms in total. The van der Waals surface area contributed by atoms with Crippen molar-refractivity contribution in [3.63, 3.8) is 0 Å². The van der Waals surface area contributed by atoms with Crippen LogP contribution in [0.3, 0.4) is 0 Å². The molecule has 0 saturated heterocycles. The predicted octanol–water partition coefficient (Wildman–Crippen LogP) is 2.69. The van der Waals surface area contributed by atoms with Gasteiger partial charge in [-0.2, -0.15) is 0 Å². The molecule has 0 heterocycles. The van der Waals surface area contributed by atoms with Crippen LogP contribution in [0.2, 0.25) is 0 Å². The van der Waals surface area contributed by atoms with E-state index < -0.39 is 12.2 Å². The zero-order valence-electron chi connectivity index (χ0n) is 9.78. The van der Waals surface area contributed by atoms with Gasteiger partial charge in [0.25, 0.3) is 0 Å². The van der Waals surface area contributed by atoms with Crippen LogP contribution in [0.15, 0.2) is 22.7 Å². The fourth-order valence-corrected chi connectivity index (χ4v) is 2.30. The minimum absolute atomic E-state index is 0.593. The molecule has 2 N–H and O–H groups in total. The Morgan fingerprint density at radius 3 is 2.50 bits per heavy atom. The first kappa shape index (κ1) is 13.7. The number of aliphatic hydroxyl groups excluding tert-OH is 2. The van der Waals surface area contributed by atoms with Crippen molar-refractivity contribution in [1.29, 1.82) is 0 Å². The molecule has 3 heteroatoms. The highest BCUT2D eigenvalue weighted by Crippen LogP contribution is 2.20. The van der Waals surface area contributed by atoms with Gasteiger partial charge in [0, 0.05) is 4.47 Å². The van der Waals surface area contributed by atoms with Gasteiger partial charge in [0.1, 0.15) is 0 Å². The lowest BCUT2D eigenvalue weighted by molar-refractivity contribution is 0.0265. The first-order valence-corrected chi connectivity index (χ1v) is 6.47. The average Bonchev–Trinajstić information content (AvgIpc) is 2.25. The Morgan fingerprint density at radius 2 is 2.00 bits per heavy atom. The summed E-state index contributed by atoms with van der Waals surface area (Å²) >= 11 is 3.53. The molecule has 0 aromatic heterocycles. The molecule has 0 saturated carbocycles. The van der Waals surface area contributed by atoms with E-state index in [-0.39, 0.29) is 0 Å². The van der Waals surface area contributed by atoms with E-state index in [0.717, 1.165) is 17.3 Å². The highest BCUT2D eigenvalue weighted by Gasteiger charge is 2.10. The van der Waals surface area contributed by atoms with Crippen LogP contribution in [0.25, 0.3) is 0 Å². The van der Waals surface area contributed by atoms with Crippen molar-refractivity contribution in [3.8, 4) is 0 Å². The summed E-state index contributed by atoms with van der Waals surface area (Å²) in [6, 6.07) is 6.28. The van der Waals surface area contributed by atoms with Gasteiger partial charge in [0.05, 0.1) is 12.2 Å². The molecule has 0 spiro atoms. The van der Waals surface area contributed by atoms with Crippen molar-refractivity contribution >= 4 is 15.9 Å². The highest BCUT2D eigenvalue weighted by molar-refractivity contribution is 9.10. The van der Waals surface area contributed by atoms with Crippen LogP contribution in [0.1, 0.15) is 31.4 Å². The van der Waals surface area contributed by atoms with Crippen molar-refractivity contribution in [3.05, 3.63) is 33.8 Å². The van der Waals surface area contributed by atoms with Crippen molar-refractivity contribution in [2.75, 3.05) is 0 Å². The summed E-state index contributed by atoms with van der Waals surface area (Å²) in [5.41, 5.74) is 2.48. The van der Waals surface area contributed by atoms with E-state index in [9.17, 15) is 10.2 Å². The summed E-state index contributed by atoms with van der Waals surface area (Å²) in [4.78, 5) is 0. The highest BCUT2D eigenvalue weighted by atomic mass is 79.9. The van der Waals surface area contributed by atoms with Gasteiger partial charge in [-0.05, 0) is 43.4 Å². The summed E-state index contributed by atoms with van der Waals surface area (Å²) in [6.45, 7) is 3.73. The lowest BCUT2D eigenvalue weighted by Gasteiger charge is -2.13. The molecule has 0 amide bonds. The molecule has 1 aromatic rings. The monoisotopic (exact) mass is 286 g/mol. The first-order valence-electron chi connectivity index (χ1n) is 5.68. The van der Waals surface area contributed by atoms with Gasteiger partial charge in [0.2, 0.25) is 0 Å². The van der Waals surface area contributed by atoms with Crippen molar-refractivity contribution in [2.45, 2.75) is 45.3 Å². The molecule has 0 radical (unpaired) electrons. The lowest BCUT2D eigenvalue weighted by Crippen LogP contribution is -2.22. The average molecular weight is 287 g/mol. The number of hydrogen-bond donors (Lipinski definition) is 2. The zero-order chi connectivity index (χ0) is 12.1. The third-order valence-electron chi connectivity index (χ3n) is 2.78. The first-order chi connectivity index (χ1) is 7.54. The molecule has 0 aliphatic carbocycles. The molecule has 90 valence electrons. The maximum atomic E-state index is 9.50. The summed E-state index contributed by atoms with van der Waals surface area (Å²) in [5.74, 6) is 0. The molecule has 0 fully saturated rings. The summed E-state index contributed by atoms with van der Waals surface area (Å²) < 4.78 is 1.12. The SMILES string of the molecule is CCc1ccc(CCC(O)C(C)O)cc1Br.